The van der Waals surface area contributed by atoms with Crippen molar-refractivity contribution in [3.05, 3.63) is 29.3 Å². The van der Waals surface area contributed by atoms with Crippen LogP contribution in [0.1, 0.15) is 98.3 Å². The van der Waals surface area contributed by atoms with Gasteiger partial charge < -0.3 is 9.53 Å². The molecule has 1 unspecified atom stereocenters. The predicted octanol–water partition coefficient (Wildman–Crippen LogP) is 3.57. The van der Waals surface area contributed by atoms with Crippen LogP contribution < -0.4 is 10.1 Å². The van der Waals surface area contributed by atoms with Crippen LogP contribution in [0.2, 0.25) is 0 Å². The molecule has 4 amide bonds. The fourth-order valence-corrected chi connectivity index (χ4v) is 4.32. The van der Waals surface area contributed by atoms with E-state index in [4.69, 9.17) is 4.74 Å². The number of fused-ring (bicyclic) bond motifs is 1. The summed E-state index contributed by atoms with van der Waals surface area (Å²) < 4.78 is 5.84. The molecule has 0 aromatic heterocycles. The number of hydrogen-bond donors (Lipinski definition) is 1. The molecule has 33 heavy (non-hydrogen) atoms. The van der Waals surface area contributed by atoms with E-state index < -0.39 is 29.7 Å². The van der Waals surface area contributed by atoms with E-state index in [2.05, 4.69) is 5.32 Å². The van der Waals surface area contributed by atoms with Crippen molar-refractivity contribution in [2.75, 3.05) is 6.61 Å². The number of rotatable bonds is 13. The van der Waals surface area contributed by atoms with Crippen molar-refractivity contribution in [1.29, 1.82) is 0 Å². The van der Waals surface area contributed by atoms with Gasteiger partial charge in [0.25, 0.3) is 11.8 Å². The fourth-order valence-electron chi connectivity index (χ4n) is 4.32. The molecule has 0 bridgehead atoms. The second kappa shape index (κ2) is 11.7. The molecule has 1 aromatic rings. The molecule has 1 fully saturated rings. The van der Waals surface area contributed by atoms with Gasteiger partial charge in [0.2, 0.25) is 11.8 Å². The highest BCUT2D eigenvalue weighted by atomic mass is 16.5. The largest absolute Gasteiger partial charge is 0.493 e. The molecule has 2 heterocycles. The summed E-state index contributed by atoms with van der Waals surface area (Å²) in [6.07, 6.45) is 9.40. The second-order valence-electron chi connectivity index (χ2n) is 8.75. The first-order chi connectivity index (χ1) is 15.9. The van der Waals surface area contributed by atoms with Crippen LogP contribution in [0.3, 0.4) is 0 Å². The van der Waals surface area contributed by atoms with E-state index in [1.165, 1.54) is 0 Å². The molecule has 2 aliphatic rings. The number of carbonyl (C=O) groups is 5. The Labute approximate surface area is 194 Å². The summed E-state index contributed by atoms with van der Waals surface area (Å²) in [7, 11) is 0. The molecule has 1 atom stereocenters. The van der Waals surface area contributed by atoms with Crippen molar-refractivity contribution in [3.63, 3.8) is 0 Å². The van der Waals surface area contributed by atoms with Crippen LogP contribution in [0.25, 0.3) is 0 Å². The number of ether oxygens (including phenoxy) is 1. The summed E-state index contributed by atoms with van der Waals surface area (Å²) in [6, 6.07) is 3.91. The SMILES string of the molecule is CC(=O)CCCCCCCCCCOc1cccc2c1C(=O)N(C1CCC(=O)NC1=O)C2=O. The van der Waals surface area contributed by atoms with Crippen LogP contribution in [0.5, 0.6) is 5.75 Å². The highest BCUT2D eigenvalue weighted by Gasteiger charge is 2.45. The van der Waals surface area contributed by atoms with Gasteiger partial charge >= 0.3 is 0 Å². The number of carbonyl (C=O) groups excluding carboxylic acids is 5. The summed E-state index contributed by atoms with van der Waals surface area (Å²) >= 11 is 0. The highest BCUT2D eigenvalue weighted by molar-refractivity contribution is 6.24. The lowest BCUT2D eigenvalue weighted by Crippen LogP contribution is -2.54. The monoisotopic (exact) mass is 456 g/mol. The molecule has 3 rings (SSSR count). The first kappa shape index (κ1) is 24.6. The van der Waals surface area contributed by atoms with Gasteiger partial charge in [-0.1, -0.05) is 44.6 Å². The topological polar surface area (TPSA) is 110 Å². The number of imide groups is 2. The third-order valence-corrected chi connectivity index (χ3v) is 6.11. The molecule has 0 aliphatic carbocycles. The number of piperidine rings is 1. The summed E-state index contributed by atoms with van der Waals surface area (Å²) in [5.74, 6) is -1.49. The molecular formula is C25H32N2O6. The van der Waals surface area contributed by atoms with Crippen molar-refractivity contribution in [3.8, 4) is 5.75 Å². The van der Waals surface area contributed by atoms with Crippen molar-refractivity contribution in [2.45, 2.75) is 83.6 Å². The summed E-state index contributed by atoms with van der Waals surface area (Å²) in [5.41, 5.74) is 0.421. The minimum Gasteiger partial charge on any atom is -0.493 e. The zero-order chi connectivity index (χ0) is 23.8. The predicted molar refractivity (Wildman–Crippen MR) is 121 cm³/mol. The second-order valence-corrected chi connectivity index (χ2v) is 8.75. The number of Topliss-reactive ketones (excluding diaryl/α,β-unsaturated/α-hetero) is 1. The normalized spacial score (nSPS) is 17.8. The number of unbranched alkanes of at least 4 members (excludes halogenated alkanes) is 7. The van der Waals surface area contributed by atoms with E-state index in [1.54, 1.807) is 25.1 Å². The lowest BCUT2D eigenvalue weighted by Gasteiger charge is -2.27. The Morgan fingerprint density at radius 3 is 2.30 bits per heavy atom. The van der Waals surface area contributed by atoms with Gasteiger partial charge in [0.1, 0.15) is 17.6 Å². The Balaban J connectivity index is 1.44. The molecule has 0 saturated carbocycles. The third kappa shape index (κ3) is 6.27. The number of hydrogen-bond acceptors (Lipinski definition) is 6. The van der Waals surface area contributed by atoms with Gasteiger partial charge in [-0.05, 0) is 38.3 Å². The molecule has 1 aromatic carbocycles. The van der Waals surface area contributed by atoms with Crippen LogP contribution >= 0.6 is 0 Å². The quantitative estimate of drug-likeness (QED) is 0.359. The first-order valence-corrected chi connectivity index (χ1v) is 11.9. The van der Waals surface area contributed by atoms with E-state index in [1.807, 2.05) is 0 Å². The van der Waals surface area contributed by atoms with Crippen LogP contribution in [-0.4, -0.2) is 47.0 Å². The first-order valence-electron chi connectivity index (χ1n) is 11.9. The van der Waals surface area contributed by atoms with Crippen LogP contribution in [-0.2, 0) is 14.4 Å². The molecule has 2 aliphatic heterocycles. The lowest BCUT2D eigenvalue weighted by atomic mass is 10.0. The van der Waals surface area contributed by atoms with Crippen molar-refractivity contribution in [1.82, 2.24) is 10.2 Å². The molecule has 8 heteroatoms. The van der Waals surface area contributed by atoms with E-state index >= 15 is 0 Å². The van der Waals surface area contributed by atoms with Gasteiger partial charge in [-0.2, -0.15) is 0 Å². The van der Waals surface area contributed by atoms with Gasteiger partial charge in [0, 0.05) is 12.8 Å². The minimum absolute atomic E-state index is 0.0889. The molecule has 178 valence electrons. The Morgan fingerprint density at radius 2 is 1.64 bits per heavy atom. The van der Waals surface area contributed by atoms with Crippen LogP contribution in [0.15, 0.2) is 18.2 Å². The molecule has 0 radical (unpaired) electrons. The van der Waals surface area contributed by atoms with E-state index in [9.17, 15) is 24.0 Å². The van der Waals surface area contributed by atoms with E-state index in [0.29, 0.717) is 18.8 Å². The van der Waals surface area contributed by atoms with Gasteiger partial charge in [0.05, 0.1) is 17.7 Å². The van der Waals surface area contributed by atoms with E-state index in [-0.39, 0.29) is 29.8 Å². The average molecular weight is 457 g/mol. The standard InChI is InChI=1S/C25H32N2O6/c1-17(28)11-8-6-4-2-3-5-7-9-16-33-20-13-10-12-18-22(20)25(32)27(24(18)31)19-14-15-21(29)26-23(19)30/h10,12-13,19H,2-9,11,14-16H2,1H3,(H,26,29,30). The average Bonchev–Trinajstić information content (AvgIpc) is 3.03. The summed E-state index contributed by atoms with van der Waals surface area (Å²) in [4.78, 5) is 61.3. The summed E-state index contributed by atoms with van der Waals surface area (Å²) in [6.45, 7) is 2.07. The van der Waals surface area contributed by atoms with Crippen molar-refractivity contribution < 1.29 is 28.7 Å². The summed E-state index contributed by atoms with van der Waals surface area (Å²) in [5, 5.41) is 2.20. The van der Waals surface area contributed by atoms with Crippen LogP contribution in [0, 0.1) is 0 Å². The van der Waals surface area contributed by atoms with Gasteiger partial charge in [0.15, 0.2) is 0 Å². The van der Waals surface area contributed by atoms with Crippen LogP contribution in [0.4, 0.5) is 0 Å². The minimum atomic E-state index is -0.981. The molecule has 0 spiro atoms. The van der Waals surface area contributed by atoms with E-state index in [0.717, 1.165) is 56.3 Å². The molecule has 1 N–H and O–H groups in total. The Bertz CT molecular complexity index is 925. The zero-order valence-corrected chi connectivity index (χ0v) is 19.2. The maximum Gasteiger partial charge on any atom is 0.266 e. The Kier molecular flexibility index (Phi) is 8.74. The molecular weight excluding hydrogens is 424 g/mol. The molecule has 1 saturated heterocycles. The fraction of sp³-hybridized carbons (Fsp3) is 0.560. The van der Waals surface area contributed by atoms with Crippen molar-refractivity contribution in [2.24, 2.45) is 0 Å². The maximum atomic E-state index is 13.0. The van der Waals surface area contributed by atoms with Crippen molar-refractivity contribution >= 4 is 29.4 Å². The maximum absolute atomic E-state index is 13.0. The number of nitrogens with one attached hydrogen (secondary N) is 1. The Hall–Kier alpha value is -3.03. The van der Waals surface area contributed by atoms with Gasteiger partial charge in [-0.15, -0.1) is 0 Å². The lowest BCUT2D eigenvalue weighted by molar-refractivity contribution is -0.136. The molecule has 8 nitrogen and oxygen atoms in total. The number of ketones is 1. The highest BCUT2D eigenvalue weighted by Crippen LogP contribution is 2.33. The zero-order valence-electron chi connectivity index (χ0n) is 19.2. The third-order valence-electron chi connectivity index (χ3n) is 6.11. The number of benzene rings is 1. The number of amides is 4. The van der Waals surface area contributed by atoms with Gasteiger partial charge in [-0.25, -0.2) is 0 Å². The van der Waals surface area contributed by atoms with Gasteiger partial charge in [-0.3, -0.25) is 29.4 Å². The smallest absolute Gasteiger partial charge is 0.266 e. The Morgan fingerprint density at radius 1 is 0.970 bits per heavy atom. The number of nitrogens with zero attached hydrogens (tertiary/aromatic N) is 1.